The lowest BCUT2D eigenvalue weighted by Crippen LogP contribution is -2.38. The predicted molar refractivity (Wildman–Crippen MR) is 92.9 cm³/mol. The fourth-order valence-electron chi connectivity index (χ4n) is 3.13. The lowest BCUT2D eigenvalue weighted by atomic mass is 9.93. The maximum absolute atomic E-state index is 12.5. The summed E-state index contributed by atoms with van der Waals surface area (Å²) in [6.07, 6.45) is 5.96. The number of fused-ring (bicyclic) bond motifs is 1. The molecular formula is C19H25N3O2. The molecular weight excluding hydrogens is 302 g/mol. The number of aliphatic hydroxyl groups is 1. The first-order valence-corrected chi connectivity index (χ1v) is 8.54. The fourth-order valence-corrected chi connectivity index (χ4v) is 3.13. The van der Waals surface area contributed by atoms with Gasteiger partial charge in [-0.3, -0.25) is 9.89 Å². The standard InChI is InChI=1S/C19H25N3O2/c1-19(2,24)9-8-13-4-3-5-14(10-13)18(23)21-16-6-7-17-15(11-16)12-20-22-17/h3-5,10,12,16,24H,6-9,11H2,1-2H3,(H,20,22)(H,21,23). The molecule has 1 aromatic heterocycles. The van der Waals surface area contributed by atoms with Gasteiger partial charge in [0.05, 0.1) is 11.8 Å². The Balaban J connectivity index is 1.61. The summed E-state index contributed by atoms with van der Waals surface area (Å²) in [6.45, 7) is 3.60. The molecule has 2 aromatic rings. The summed E-state index contributed by atoms with van der Waals surface area (Å²) in [5, 5.41) is 20.1. The van der Waals surface area contributed by atoms with Crippen molar-refractivity contribution in [2.24, 2.45) is 0 Å². The van der Waals surface area contributed by atoms with E-state index in [2.05, 4.69) is 15.5 Å². The minimum Gasteiger partial charge on any atom is -0.390 e. The van der Waals surface area contributed by atoms with Crippen LogP contribution in [0.1, 0.15) is 53.9 Å². The number of rotatable bonds is 5. The molecule has 0 saturated carbocycles. The van der Waals surface area contributed by atoms with Crippen molar-refractivity contribution in [3.8, 4) is 0 Å². The topological polar surface area (TPSA) is 78.0 Å². The second-order valence-electron chi connectivity index (χ2n) is 7.30. The van der Waals surface area contributed by atoms with Gasteiger partial charge in [-0.1, -0.05) is 12.1 Å². The Labute approximate surface area is 142 Å². The van der Waals surface area contributed by atoms with Crippen LogP contribution in [0.3, 0.4) is 0 Å². The molecule has 24 heavy (non-hydrogen) atoms. The third-order valence-electron chi connectivity index (χ3n) is 4.57. The summed E-state index contributed by atoms with van der Waals surface area (Å²) in [7, 11) is 0. The number of hydrogen-bond acceptors (Lipinski definition) is 3. The van der Waals surface area contributed by atoms with E-state index in [0.29, 0.717) is 12.0 Å². The third kappa shape index (κ3) is 4.23. The maximum atomic E-state index is 12.5. The van der Waals surface area contributed by atoms with E-state index < -0.39 is 5.60 Å². The second-order valence-corrected chi connectivity index (χ2v) is 7.30. The van der Waals surface area contributed by atoms with Crippen LogP contribution in [-0.4, -0.2) is 32.9 Å². The van der Waals surface area contributed by atoms with E-state index in [1.165, 1.54) is 11.3 Å². The summed E-state index contributed by atoms with van der Waals surface area (Å²) in [5.74, 6) is -0.0305. The molecule has 1 unspecified atom stereocenters. The Morgan fingerprint density at radius 1 is 1.46 bits per heavy atom. The van der Waals surface area contributed by atoms with Crippen LogP contribution in [0.15, 0.2) is 30.5 Å². The number of amides is 1. The van der Waals surface area contributed by atoms with E-state index in [1.807, 2.05) is 30.5 Å². The molecule has 0 radical (unpaired) electrons. The molecule has 0 saturated heterocycles. The van der Waals surface area contributed by atoms with Gasteiger partial charge < -0.3 is 10.4 Å². The zero-order valence-electron chi connectivity index (χ0n) is 14.3. The van der Waals surface area contributed by atoms with Crippen molar-refractivity contribution in [2.45, 2.75) is 57.6 Å². The molecule has 1 atom stereocenters. The number of carbonyl (C=O) groups is 1. The van der Waals surface area contributed by atoms with Gasteiger partial charge in [-0.2, -0.15) is 5.10 Å². The van der Waals surface area contributed by atoms with E-state index >= 15 is 0 Å². The van der Waals surface area contributed by atoms with Crippen LogP contribution in [0.4, 0.5) is 0 Å². The highest BCUT2D eigenvalue weighted by molar-refractivity contribution is 5.94. The van der Waals surface area contributed by atoms with Crippen molar-refractivity contribution in [1.29, 1.82) is 0 Å². The largest absolute Gasteiger partial charge is 0.390 e. The highest BCUT2D eigenvalue weighted by atomic mass is 16.3. The number of aryl methyl sites for hydroxylation is 2. The summed E-state index contributed by atoms with van der Waals surface area (Å²) in [6, 6.07) is 7.83. The summed E-state index contributed by atoms with van der Waals surface area (Å²) in [4.78, 5) is 12.5. The summed E-state index contributed by atoms with van der Waals surface area (Å²) in [5.41, 5.74) is 3.45. The molecule has 0 fully saturated rings. The van der Waals surface area contributed by atoms with E-state index in [-0.39, 0.29) is 11.9 Å². The molecule has 5 heteroatoms. The molecule has 1 amide bonds. The van der Waals surface area contributed by atoms with E-state index in [4.69, 9.17) is 0 Å². The molecule has 1 heterocycles. The van der Waals surface area contributed by atoms with Crippen LogP contribution in [0, 0.1) is 0 Å². The zero-order chi connectivity index (χ0) is 17.2. The third-order valence-corrected chi connectivity index (χ3v) is 4.57. The number of nitrogens with zero attached hydrogens (tertiary/aromatic N) is 1. The van der Waals surface area contributed by atoms with Gasteiger partial charge in [0, 0.05) is 17.3 Å². The van der Waals surface area contributed by atoms with E-state index in [0.717, 1.165) is 31.2 Å². The monoisotopic (exact) mass is 327 g/mol. The Kier molecular flexibility index (Phi) is 4.71. The molecule has 1 aromatic carbocycles. The minimum absolute atomic E-state index is 0.0305. The molecule has 3 rings (SSSR count). The lowest BCUT2D eigenvalue weighted by Gasteiger charge is -2.23. The van der Waals surface area contributed by atoms with Crippen molar-refractivity contribution in [1.82, 2.24) is 15.5 Å². The van der Waals surface area contributed by atoms with Crippen LogP contribution in [-0.2, 0) is 19.3 Å². The van der Waals surface area contributed by atoms with Crippen molar-refractivity contribution in [3.05, 3.63) is 52.8 Å². The Hall–Kier alpha value is -2.14. The normalized spacial score (nSPS) is 17.4. The average Bonchev–Trinajstić information content (AvgIpc) is 3.00. The molecule has 0 spiro atoms. The van der Waals surface area contributed by atoms with Crippen molar-refractivity contribution < 1.29 is 9.90 Å². The molecule has 0 aliphatic heterocycles. The first-order valence-electron chi connectivity index (χ1n) is 8.54. The van der Waals surface area contributed by atoms with Crippen molar-refractivity contribution in [3.63, 3.8) is 0 Å². The van der Waals surface area contributed by atoms with E-state index in [9.17, 15) is 9.90 Å². The van der Waals surface area contributed by atoms with Gasteiger partial charge in [0.25, 0.3) is 5.91 Å². The van der Waals surface area contributed by atoms with Crippen LogP contribution >= 0.6 is 0 Å². The van der Waals surface area contributed by atoms with Gasteiger partial charge in [0.2, 0.25) is 0 Å². The minimum atomic E-state index is -0.692. The Bertz CT molecular complexity index is 715. The highest BCUT2D eigenvalue weighted by Gasteiger charge is 2.22. The number of nitrogens with one attached hydrogen (secondary N) is 2. The number of benzene rings is 1. The molecule has 1 aliphatic carbocycles. The summed E-state index contributed by atoms with van der Waals surface area (Å²) < 4.78 is 0. The maximum Gasteiger partial charge on any atom is 0.251 e. The second kappa shape index (κ2) is 6.77. The molecule has 128 valence electrons. The van der Waals surface area contributed by atoms with Gasteiger partial charge in [-0.05, 0) is 69.2 Å². The van der Waals surface area contributed by atoms with Gasteiger partial charge >= 0.3 is 0 Å². The van der Waals surface area contributed by atoms with Gasteiger partial charge in [0.15, 0.2) is 0 Å². The number of carbonyl (C=O) groups excluding carboxylic acids is 1. The molecule has 0 bridgehead atoms. The van der Waals surface area contributed by atoms with Crippen LogP contribution < -0.4 is 5.32 Å². The summed E-state index contributed by atoms with van der Waals surface area (Å²) >= 11 is 0. The van der Waals surface area contributed by atoms with Gasteiger partial charge in [-0.25, -0.2) is 0 Å². The first-order chi connectivity index (χ1) is 11.4. The van der Waals surface area contributed by atoms with Crippen LogP contribution in [0.5, 0.6) is 0 Å². The lowest BCUT2D eigenvalue weighted by molar-refractivity contribution is 0.0714. The fraction of sp³-hybridized carbons (Fsp3) is 0.474. The molecule has 3 N–H and O–H groups in total. The van der Waals surface area contributed by atoms with Crippen molar-refractivity contribution in [2.75, 3.05) is 0 Å². The number of H-pyrrole nitrogens is 1. The Morgan fingerprint density at radius 2 is 2.29 bits per heavy atom. The zero-order valence-corrected chi connectivity index (χ0v) is 14.3. The van der Waals surface area contributed by atoms with Gasteiger partial charge in [0.1, 0.15) is 0 Å². The smallest absolute Gasteiger partial charge is 0.251 e. The van der Waals surface area contributed by atoms with E-state index in [1.54, 1.807) is 13.8 Å². The average molecular weight is 327 g/mol. The van der Waals surface area contributed by atoms with Crippen LogP contribution in [0.2, 0.25) is 0 Å². The highest BCUT2D eigenvalue weighted by Crippen LogP contribution is 2.19. The number of aromatic nitrogens is 2. The number of aromatic amines is 1. The molecule has 5 nitrogen and oxygen atoms in total. The predicted octanol–water partition coefficient (Wildman–Crippen LogP) is 2.40. The van der Waals surface area contributed by atoms with Crippen molar-refractivity contribution >= 4 is 5.91 Å². The SMILES string of the molecule is CC(C)(O)CCc1cccc(C(=O)NC2CCc3[nH]ncc3C2)c1. The first kappa shape index (κ1) is 16.7. The molecule has 1 aliphatic rings. The quantitative estimate of drug-likeness (QED) is 0.789. The Morgan fingerprint density at radius 3 is 3.08 bits per heavy atom. The van der Waals surface area contributed by atoms with Gasteiger partial charge in [-0.15, -0.1) is 0 Å². The number of hydrogen-bond donors (Lipinski definition) is 3. The van der Waals surface area contributed by atoms with Crippen LogP contribution in [0.25, 0.3) is 0 Å².